The van der Waals surface area contributed by atoms with Gasteiger partial charge in [-0.05, 0) is 18.2 Å². The number of nitrogens with one attached hydrogen (secondary N) is 2. The van der Waals surface area contributed by atoms with Crippen molar-refractivity contribution < 1.29 is 9.18 Å². The van der Waals surface area contributed by atoms with Crippen molar-refractivity contribution in [1.82, 2.24) is 15.5 Å². The van der Waals surface area contributed by atoms with Gasteiger partial charge in [0.15, 0.2) is 0 Å². The summed E-state index contributed by atoms with van der Waals surface area (Å²) in [5, 5.41) is 6.05. The van der Waals surface area contributed by atoms with Gasteiger partial charge in [0.25, 0.3) is 5.91 Å². The van der Waals surface area contributed by atoms with Crippen molar-refractivity contribution in [3.8, 4) is 0 Å². The van der Waals surface area contributed by atoms with Crippen LogP contribution in [0.1, 0.15) is 10.4 Å². The van der Waals surface area contributed by atoms with E-state index >= 15 is 0 Å². The number of hydrogen-bond donors (Lipinski definition) is 2. The molecular weight excluding hydrogens is 269 g/mol. The van der Waals surface area contributed by atoms with E-state index in [2.05, 4.69) is 15.5 Å². The highest BCUT2D eigenvalue weighted by Crippen LogP contribution is 2.15. The first kappa shape index (κ1) is 14.2. The first-order valence-electron chi connectivity index (χ1n) is 6.33. The van der Waals surface area contributed by atoms with E-state index in [-0.39, 0.29) is 10.9 Å². The van der Waals surface area contributed by atoms with Crippen molar-refractivity contribution in [2.75, 3.05) is 39.3 Å². The molecule has 0 spiro atoms. The Kier molecular flexibility index (Phi) is 5.13. The van der Waals surface area contributed by atoms with Crippen molar-refractivity contribution in [2.24, 2.45) is 0 Å². The molecular formula is C13H17ClFN3O. The lowest BCUT2D eigenvalue weighted by molar-refractivity contribution is 0.0947. The Balaban J connectivity index is 1.78. The molecule has 1 saturated heterocycles. The van der Waals surface area contributed by atoms with Crippen LogP contribution in [-0.2, 0) is 0 Å². The molecule has 2 rings (SSSR count). The fourth-order valence-corrected chi connectivity index (χ4v) is 2.18. The Morgan fingerprint density at radius 2 is 2.16 bits per heavy atom. The standard InChI is InChI=1S/C13H17ClFN3O/c14-11-9-10(1-2-12(11)15)13(19)17-5-8-18-6-3-16-4-7-18/h1-2,9,16H,3-8H2,(H,17,19). The van der Waals surface area contributed by atoms with Gasteiger partial charge in [0.2, 0.25) is 0 Å². The summed E-state index contributed by atoms with van der Waals surface area (Å²) in [4.78, 5) is 14.1. The van der Waals surface area contributed by atoms with Crippen LogP contribution in [0.3, 0.4) is 0 Å². The fourth-order valence-electron chi connectivity index (χ4n) is 2.00. The summed E-state index contributed by atoms with van der Waals surface area (Å²) in [7, 11) is 0. The van der Waals surface area contributed by atoms with Gasteiger partial charge in [-0.15, -0.1) is 0 Å². The second-order valence-electron chi connectivity index (χ2n) is 4.48. The molecule has 0 bridgehead atoms. The molecule has 4 nitrogen and oxygen atoms in total. The van der Waals surface area contributed by atoms with Crippen molar-refractivity contribution in [1.29, 1.82) is 0 Å². The summed E-state index contributed by atoms with van der Waals surface area (Å²) >= 11 is 5.64. The highest BCUT2D eigenvalue weighted by molar-refractivity contribution is 6.31. The average molecular weight is 286 g/mol. The SMILES string of the molecule is O=C(NCCN1CCNCC1)c1ccc(F)c(Cl)c1. The summed E-state index contributed by atoms with van der Waals surface area (Å²) < 4.78 is 13.0. The van der Waals surface area contributed by atoms with Crippen molar-refractivity contribution in [2.45, 2.75) is 0 Å². The van der Waals surface area contributed by atoms with Gasteiger partial charge in [-0.1, -0.05) is 11.6 Å². The number of halogens is 2. The van der Waals surface area contributed by atoms with Crippen LogP contribution in [0, 0.1) is 5.82 Å². The number of nitrogens with zero attached hydrogens (tertiary/aromatic N) is 1. The van der Waals surface area contributed by atoms with Crippen LogP contribution in [0.5, 0.6) is 0 Å². The topological polar surface area (TPSA) is 44.4 Å². The maximum atomic E-state index is 13.0. The van der Waals surface area contributed by atoms with Crippen LogP contribution in [0.2, 0.25) is 5.02 Å². The number of carbonyl (C=O) groups is 1. The van der Waals surface area contributed by atoms with Crippen LogP contribution in [0.15, 0.2) is 18.2 Å². The minimum absolute atomic E-state index is 0.0326. The third-order valence-corrected chi connectivity index (χ3v) is 3.39. The first-order chi connectivity index (χ1) is 9.16. The molecule has 1 aliphatic rings. The van der Waals surface area contributed by atoms with Gasteiger partial charge in [0.1, 0.15) is 5.82 Å². The second-order valence-corrected chi connectivity index (χ2v) is 4.88. The van der Waals surface area contributed by atoms with Gasteiger partial charge in [-0.2, -0.15) is 0 Å². The Morgan fingerprint density at radius 3 is 2.84 bits per heavy atom. The van der Waals surface area contributed by atoms with E-state index in [0.717, 1.165) is 32.7 Å². The lowest BCUT2D eigenvalue weighted by Crippen LogP contribution is -2.46. The van der Waals surface area contributed by atoms with Crippen LogP contribution >= 0.6 is 11.6 Å². The molecule has 6 heteroatoms. The third kappa shape index (κ3) is 4.16. The zero-order valence-corrected chi connectivity index (χ0v) is 11.3. The minimum Gasteiger partial charge on any atom is -0.351 e. The molecule has 0 aromatic heterocycles. The molecule has 104 valence electrons. The summed E-state index contributed by atoms with van der Waals surface area (Å²) in [6.07, 6.45) is 0. The maximum Gasteiger partial charge on any atom is 0.251 e. The number of rotatable bonds is 4. The van der Waals surface area contributed by atoms with Gasteiger partial charge in [0.05, 0.1) is 5.02 Å². The molecule has 0 aliphatic carbocycles. The fraction of sp³-hybridized carbons (Fsp3) is 0.462. The van der Waals surface area contributed by atoms with Gasteiger partial charge in [0, 0.05) is 44.8 Å². The highest BCUT2D eigenvalue weighted by atomic mass is 35.5. The molecule has 1 aliphatic heterocycles. The first-order valence-corrected chi connectivity index (χ1v) is 6.71. The Hall–Kier alpha value is -1.17. The predicted octanol–water partition coefficient (Wildman–Crippen LogP) is 1.11. The molecule has 1 aromatic rings. The maximum absolute atomic E-state index is 13.0. The predicted molar refractivity (Wildman–Crippen MR) is 73.1 cm³/mol. The van der Waals surface area contributed by atoms with Crippen molar-refractivity contribution in [3.63, 3.8) is 0 Å². The lowest BCUT2D eigenvalue weighted by atomic mass is 10.2. The van der Waals surface area contributed by atoms with Gasteiger partial charge in [-0.3, -0.25) is 9.69 Å². The number of benzene rings is 1. The van der Waals surface area contributed by atoms with Crippen LogP contribution in [0.25, 0.3) is 0 Å². The molecule has 1 amide bonds. The van der Waals surface area contributed by atoms with E-state index in [9.17, 15) is 9.18 Å². The van der Waals surface area contributed by atoms with Crippen molar-refractivity contribution >= 4 is 17.5 Å². The van der Waals surface area contributed by atoms with E-state index in [1.54, 1.807) is 0 Å². The summed E-state index contributed by atoms with van der Waals surface area (Å²) in [6, 6.07) is 3.98. The molecule has 0 saturated carbocycles. The zero-order chi connectivity index (χ0) is 13.7. The van der Waals surface area contributed by atoms with Gasteiger partial charge < -0.3 is 10.6 Å². The van der Waals surface area contributed by atoms with E-state index < -0.39 is 5.82 Å². The van der Waals surface area contributed by atoms with E-state index in [4.69, 9.17) is 11.6 Å². The average Bonchev–Trinajstić information content (AvgIpc) is 2.43. The number of piperazine rings is 1. The molecule has 2 N–H and O–H groups in total. The highest BCUT2D eigenvalue weighted by Gasteiger charge is 2.11. The Labute approximate surface area is 116 Å². The van der Waals surface area contributed by atoms with E-state index in [0.29, 0.717) is 12.1 Å². The molecule has 0 radical (unpaired) electrons. The summed E-state index contributed by atoms with van der Waals surface area (Å²) in [5.74, 6) is -0.740. The Morgan fingerprint density at radius 1 is 1.42 bits per heavy atom. The van der Waals surface area contributed by atoms with Gasteiger partial charge in [-0.25, -0.2) is 4.39 Å². The zero-order valence-electron chi connectivity index (χ0n) is 10.6. The van der Waals surface area contributed by atoms with Crippen molar-refractivity contribution in [3.05, 3.63) is 34.6 Å². The van der Waals surface area contributed by atoms with E-state index in [1.807, 2.05) is 0 Å². The van der Waals surface area contributed by atoms with E-state index in [1.165, 1.54) is 18.2 Å². The lowest BCUT2D eigenvalue weighted by Gasteiger charge is -2.27. The second kappa shape index (κ2) is 6.84. The molecule has 0 unspecified atom stereocenters. The molecule has 1 aromatic carbocycles. The minimum atomic E-state index is -0.515. The van der Waals surface area contributed by atoms with Crippen LogP contribution in [0.4, 0.5) is 4.39 Å². The molecule has 0 atom stereocenters. The Bertz CT molecular complexity index is 450. The number of amides is 1. The monoisotopic (exact) mass is 285 g/mol. The molecule has 1 fully saturated rings. The largest absolute Gasteiger partial charge is 0.351 e. The molecule has 19 heavy (non-hydrogen) atoms. The quantitative estimate of drug-likeness (QED) is 0.871. The molecule has 1 heterocycles. The summed E-state index contributed by atoms with van der Waals surface area (Å²) in [5.41, 5.74) is 0.381. The normalized spacial score (nSPS) is 16.3. The summed E-state index contributed by atoms with van der Waals surface area (Å²) in [6.45, 7) is 5.37. The third-order valence-electron chi connectivity index (χ3n) is 3.10. The smallest absolute Gasteiger partial charge is 0.251 e. The number of carbonyl (C=O) groups excluding carboxylic acids is 1. The van der Waals surface area contributed by atoms with Crippen LogP contribution < -0.4 is 10.6 Å². The van der Waals surface area contributed by atoms with Gasteiger partial charge >= 0.3 is 0 Å². The number of hydrogen-bond acceptors (Lipinski definition) is 3. The van der Waals surface area contributed by atoms with Crippen LogP contribution in [-0.4, -0.2) is 50.1 Å².